The summed E-state index contributed by atoms with van der Waals surface area (Å²) in [5.74, 6) is 1.47. The normalized spacial score (nSPS) is 18.1. The van der Waals surface area contributed by atoms with Crippen molar-refractivity contribution in [1.82, 2.24) is 9.80 Å². The zero-order chi connectivity index (χ0) is 23.9. The van der Waals surface area contributed by atoms with Crippen LogP contribution >= 0.6 is 24.0 Å². The number of methoxy groups -OCH3 is 1. The van der Waals surface area contributed by atoms with Gasteiger partial charge < -0.3 is 9.64 Å². The van der Waals surface area contributed by atoms with Crippen molar-refractivity contribution < 1.29 is 14.3 Å². The number of thiocarbonyl (C=S) groups is 1. The van der Waals surface area contributed by atoms with Crippen LogP contribution in [0.2, 0.25) is 0 Å². The molecular weight excluding hydrogens is 464 g/mol. The molecule has 2 fully saturated rings. The van der Waals surface area contributed by atoms with Gasteiger partial charge in [0.2, 0.25) is 5.91 Å². The average molecular weight is 495 g/mol. The fourth-order valence-electron chi connectivity index (χ4n) is 4.46. The number of nitrogens with zero attached hydrogens (tertiary/aromatic N) is 2. The molecule has 0 saturated carbocycles. The molecule has 178 valence electrons. The van der Waals surface area contributed by atoms with E-state index in [4.69, 9.17) is 17.0 Å². The molecule has 2 aromatic rings. The number of carbonyl (C=O) groups is 2. The van der Waals surface area contributed by atoms with E-state index in [0.717, 1.165) is 43.7 Å². The minimum Gasteiger partial charge on any atom is -0.497 e. The maximum Gasteiger partial charge on any atom is 0.266 e. The quantitative estimate of drug-likeness (QED) is 0.375. The van der Waals surface area contributed by atoms with Crippen molar-refractivity contribution >= 4 is 46.2 Å². The first-order valence-corrected chi connectivity index (χ1v) is 13.0. The number of thioether (sulfide) groups is 1. The van der Waals surface area contributed by atoms with Crippen molar-refractivity contribution in [1.29, 1.82) is 0 Å². The molecule has 0 aromatic heterocycles. The van der Waals surface area contributed by atoms with Crippen LogP contribution in [0, 0.1) is 5.92 Å². The van der Waals surface area contributed by atoms with E-state index in [1.54, 1.807) is 12.0 Å². The van der Waals surface area contributed by atoms with E-state index in [0.29, 0.717) is 34.5 Å². The second-order valence-corrected chi connectivity index (χ2v) is 10.4. The molecule has 4 rings (SSSR count). The van der Waals surface area contributed by atoms with Crippen LogP contribution in [-0.2, 0) is 16.0 Å². The van der Waals surface area contributed by atoms with Crippen LogP contribution in [0.1, 0.15) is 36.8 Å². The molecule has 0 bridgehead atoms. The molecule has 2 saturated heterocycles. The third-order valence-corrected chi connectivity index (χ3v) is 7.75. The van der Waals surface area contributed by atoms with Gasteiger partial charge in [0.05, 0.1) is 12.0 Å². The maximum atomic E-state index is 12.9. The Hall–Kier alpha value is -2.64. The summed E-state index contributed by atoms with van der Waals surface area (Å²) in [4.78, 5) is 29.8. The molecule has 0 aliphatic carbocycles. The zero-order valence-electron chi connectivity index (χ0n) is 19.4. The topological polar surface area (TPSA) is 49.9 Å². The smallest absolute Gasteiger partial charge is 0.266 e. The molecule has 2 amide bonds. The van der Waals surface area contributed by atoms with Gasteiger partial charge in [-0.1, -0.05) is 66.4 Å². The fourth-order valence-corrected chi connectivity index (χ4v) is 5.76. The number of hydrogen-bond donors (Lipinski definition) is 0. The number of likely N-dealkylation sites (tertiary alicyclic amines) is 1. The number of benzene rings is 2. The van der Waals surface area contributed by atoms with Crippen LogP contribution in [-0.4, -0.2) is 52.7 Å². The molecule has 7 heteroatoms. The van der Waals surface area contributed by atoms with Crippen molar-refractivity contribution in [3.63, 3.8) is 0 Å². The summed E-state index contributed by atoms with van der Waals surface area (Å²) < 4.78 is 5.80. The van der Waals surface area contributed by atoms with Gasteiger partial charge in [-0.15, -0.1) is 0 Å². The monoisotopic (exact) mass is 494 g/mol. The molecule has 2 aliphatic rings. The lowest BCUT2D eigenvalue weighted by Crippen LogP contribution is -2.39. The van der Waals surface area contributed by atoms with Crippen molar-refractivity contribution in [2.24, 2.45) is 5.92 Å². The predicted octanol–water partition coefficient (Wildman–Crippen LogP) is 5.16. The van der Waals surface area contributed by atoms with Gasteiger partial charge >= 0.3 is 0 Å². The second kappa shape index (κ2) is 11.7. The SMILES string of the molecule is COc1cccc(C=C2SC(=S)N(CCCC(=O)N3CCC(Cc4ccccc4)CC3)C2=O)c1. The Balaban J connectivity index is 1.22. The summed E-state index contributed by atoms with van der Waals surface area (Å²) >= 11 is 6.75. The van der Waals surface area contributed by atoms with Crippen LogP contribution in [0.5, 0.6) is 5.75 Å². The number of amides is 2. The second-order valence-electron chi connectivity index (χ2n) is 8.73. The Morgan fingerprint density at radius 2 is 1.91 bits per heavy atom. The Bertz CT molecular complexity index is 1060. The molecule has 0 atom stereocenters. The molecule has 34 heavy (non-hydrogen) atoms. The highest BCUT2D eigenvalue weighted by molar-refractivity contribution is 8.26. The average Bonchev–Trinajstić information content (AvgIpc) is 3.12. The van der Waals surface area contributed by atoms with Crippen LogP contribution in [0.15, 0.2) is 59.5 Å². The molecule has 0 unspecified atom stereocenters. The number of piperidine rings is 1. The van der Waals surface area contributed by atoms with Crippen molar-refractivity contribution in [3.05, 3.63) is 70.6 Å². The van der Waals surface area contributed by atoms with E-state index in [2.05, 4.69) is 24.3 Å². The van der Waals surface area contributed by atoms with Gasteiger partial charge in [0.1, 0.15) is 10.1 Å². The number of rotatable bonds is 8. The van der Waals surface area contributed by atoms with Crippen molar-refractivity contribution in [2.75, 3.05) is 26.7 Å². The number of carbonyl (C=O) groups excluding carboxylic acids is 2. The third-order valence-electron chi connectivity index (χ3n) is 6.37. The standard InChI is InChI=1S/C27H30N2O3S2/c1-32-23-10-5-9-22(18-23)19-24-26(31)29(27(33)34-24)14-6-11-25(30)28-15-12-21(13-16-28)17-20-7-3-2-4-8-20/h2-5,7-10,18-19,21H,6,11-17H2,1H3. The van der Waals surface area contributed by atoms with Crippen LogP contribution in [0.25, 0.3) is 6.08 Å². The molecule has 2 aromatic carbocycles. The van der Waals surface area contributed by atoms with Crippen LogP contribution < -0.4 is 4.74 Å². The lowest BCUT2D eigenvalue weighted by molar-refractivity contribution is -0.133. The van der Waals surface area contributed by atoms with Gasteiger partial charge in [-0.2, -0.15) is 0 Å². The highest BCUT2D eigenvalue weighted by Gasteiger charge is 2.32. The zero-order valence-corrected chi connectivity index (χ0v) is 21.1. The fraction of sp³-hybridized carbons (Fsp3) is 0.370. The summed E-state index contributed by atoms with van der Waals surface area (Å²) in [5.41, 5.74) is 2.27. The molecule has 5 nitrogen and oxygen atoms in total. The first-order chi connectivity index (χ1) is 16.5. The Morgan fingerprint density at radius 1 is 1.15 bits per heavy atom. The summed E-state index contributed by atoms with van der Waals surface area (Å²) in [5, 5.41) is 0. The lowest BCUT2D eigenvalue weighted by atomic mass is 9.90. The summed E-state index contributed by atoms with van der Waals surface area (Å²) in [7, 11) is 1.62. The molecular formula is C27H30N2O3S2. The predicted molar refractivity (Wildman–Crippen MR) is 142 cm³/mol. The lowest BCUT2D eigenvalue weighted by Gasteiger charge is -2.32. The van der Waals surface area contributed by atoms with E-state index in [-0.39, 0.29) is 11.8 Å². The molecule has 0 spiro atoms. The maximum absolute atomic E-state index is 12.9. The van der Waals surface area contributed by atoms with Gasteiger partial charge in [-0.05, 0) is 60.9 Å². The van der Waals surface area contributed by atoms with E-state index in [1.807, 2.05) is 41.3 Å². The van der Waals surface area contributed by atoms with Crippen molar-refractivity contribution in [2.45, 2.75) is 32.1 Å². The highest BCUT2D eigenvalue weighted by Crippen LogP contribution is 2.33. The summed E-state index contributed by atoms with van der Waals surface area (Å²) in [6, 6.07) is 18.1. The van der Waals surface area contributed by atoms with Gasteiger partial charge in [-0.25, -0.2) is 0 Å². The Labute approximate surface area is 211 Å². The first kappa shape index (κ1) is 24.5. The van der Waals surface area contributed by atoms with Gasteiger partial charge in [-0.3, -0.25) is 14.5 Å². The molecule has 0 radical (unpaired) electrons. The highest BCUT2D eigenvalue weighted by atomic mass is 32.2. The summed E-state index contributed by atoms with van der Waals surface area (Å²) in [6.45, 7) is 2.11. The van der Waals surface area contributed by atoms with Crippen LogP contribution in [0.4, 0.5) is 0 Å². The van der Waals surface area contributed by atoms with Gasteiger partial charge in [0.15, 0.2) is 0 Å². The molecule has 2 aliphatic heterocycles. The Morgan fingerprint density at radius 3 is 2.65 bits per heavy atom. The largest absolute Gasteiger partial charge is 0.497 e. The molecule has 2 heterocycles. The Kier molecular flexibility index (Phi) is 8.40. The third kappa shape index (κ3) is 6.27. The number of ether oxygens (including phenoxy) is 1. The van der Waals surface area contributed by atoms with E-state index < -0.39 is 0 Å². The van der Waals surface area contributed by atoms with Gasteiger partial charge in [0.25, 0.3) is 5.91 Å². The number of hydrogen-bond acceptors (Lipinski definition) is 5. The minimum absolute atomic E-state index is 0.0907. The van der Waals surface area contributed by atoms with E-state index in [1.165, 1.54) is 17.3 Å². The minimum atomic E-state index is -0.0907. The van der Waals surface area contributed by atoms with Crippen molar-refractivity contribution in [3.8, 4) is 5.75 Å². The van der Waals surface area contributed by atoms with Gasteiger partial charge in [0, 0.05) is 26.1 Å². The first-order valence-electron chi connectivity index (χ1n) is 11.7. The van der Waals surface area contributed by atoms with E-state index in [9.17, 15) is 9.59 Å². The summed E-state index contributed by atoms with van der Waals surface area (Å²) in [6.07, 6.45) is 6.07. The van der Waals surface area contributed by atoms with Crippen LogP contribution in [0.3, 0.4) is 0 Å². The van der Waals surface area contributed by atoms with E-state index >= 15 is 0 Å². The molecule has 0 N–H and O–H groups in total.